The maximum atomic E-state index is 5.87. The van der Waals surface area contributed by atoms with Crippen LogP contribution in [0.5, 0.6) is 11.6 Å². The lowest BCUT2D eigenvalue weighted by molar-refractivity contribution is 0.458. The number of rotatable bonds is 3. The molecule has 0 unspecified atom stereocenters. The molecule has 5 heteroatoms. The second-order valence-electron chi connectivity index (χ2n) is 4.11. The Hall–Kier alpha value is -1.13. The summed E-state index contributed by atoms with van der Waals surface area (Å²) in [6.45, 7) is 4.30. The molecular weight excluding hydrogens is 316 g/mol. The topological polar surface area (TPSA) is 35.0 Å². The minimum absolute atomic E-state index is 0.332. The summed E-state index contributed by atoms with van der Waals surface area (Å²) < 4.78 is 6.20. The summed E-state index contributed by atoms with van der Waals surface area (Å²) in [7, 11) is 0. The molecule has 0 spiro atoms. The number of hydrogen-bond acceptors (Lipinski definition) is 3. The van der Waals surface area contributed by atoms with E-state index in [9.17, 15) is 0 Å². The van der Waals surface area contributed by atoms with E-state index in [-0.39, 0.29) is 0 Å². The Morgan fingerprint density at radius 2 is 1.83 bits per heavy atom. The molecule has 1 aromatic carbocycles. The Kier molecular flexibility index (Phi) is 4.19. The summed E-state index contributed by atoms with van der Waals surface area (Å²) in [6, 6.07) is 7.91. The zero-order valence-corrected chi connectivity index (χ0v) is 12.4. The van der Waals surface area contributed by atoms with Crippen LogP contribution in [0.25, 0.3) is 0 Å². The van der Waals surface area contributed by atoms with Crippen molar-refractivity contribution in [3.05, 3.63) is 45.8 Å². The molecule has 2 rings (SSSR count). The minimum atomic E-state index is 0.332. The van der Waals surface area contributed by atoms with Gasteiger partial charge in [0.15, 0.2) is 5.15 Å². The molecule has 0 saturated carbocycles. The lowest BCUT2D eigenvalue weighted by Gasteiger charge is -2.09. The molecule has 94 valence electrons. The van der Waals surface area contributed by atoms with Crippen molar-refractivity contribution in [2.24, 2.45) is 0 Å². The standard InChI is InChI=1S/C13H12BrClN2O/c1-8(2)9-3-5-10(6-4-9)18-13-11(14)12(15)16-7-17-13/h3-8H,1-2H3. The Morgan fingerprint density at radius 3 is 2.44 bits per heavy atom. The van der Waals surface area contributed by atoms with Gasteiger partial charge in [-0.15, -0.1) is 0 Å². The van der Waals surface area contributed by atoms with Crippen LogP contribution in [0.4, 0.5) is 0 Å². The van der Waals surface area contributed by atoms with E-state index in [4.69, 9.17) is 16.3 Å². The number of nitrogens with zero attached hydrogens (tertiary/aromatic N) is 2. The maximum absolute atomic E-state index is 5.87. The second-order valence-corrected chi connectivity index (χ2v) is 5.26. The van der Waals surface area contributed by atoms with Crippen LogP contribution in [0.15, 0.2) is 35.1 Å². The van der Waals surface area contributed by atoms with Crippen LogP contribution in [0.1, 0.15) is 25.3 Å². The predicted octanol–water partition coefficient (Wildman–Crippen LogP) is 4.81. The summed E-state index contributed by atoms with van der Waals surface area (Å²) >= 11 is 9.16. The maximum Gasteiger partial charge on any atom is 0.238 e. The summed E-state index contributed by atoms with van der Waals surface area (Å²) in [6.07, 6.45) is 1.37. The molecule has 0 aliphatic rings. The largest absolute Gasteiger partial charge is 0.438 e. The molecule has 0 bridgehead atoms. The van der Waals surface area contributed by atoms with Gasteiger partial charge in [-0.3, -0.25) is 0 Å². The minimum Gasteiger partial charge on any atom is -0.438 e. The molecule has 18 heavy (non-hydrogen) atoms. The highest BCUT2D eigenvalue weighted by molar-refractivity contribution is 9.10. The number of aromatic nitrogens is 2. The van der Waals surface area contributed by atoms with Gasteiger partial charge in [-0.05, 0) is 39.5 Å². The van der Waals surface area contributed by atoms with Crippen molar-refractivity contribution >= 4 is 27.5 Å². The van der Waals surface area contributed by atoms with Gasteiger partial charge >= 0.3 is 0 Å². The van der Waals surface area contributed by atoms with Gasteiger partial charge in [0.25, 0.3) is 0 Å². The first-order chi connectivity index (χ1) is 8.58. The van der Waals surface area contributed by atoms with Gasteiger partial charge in [-0.1, -0.05) is 37.6 Å². The van der Waals surface area contributed by atoms with Crippen molar-refractivity contribution in [2.45, 2.75) is 19.8 Å². The lowest BCUT2D eigenvalue weighted by Crippen LogP contribution is -1.92. The normalized spacial score (nSPS) is 10.7. The van der Waals surface area contributed by atoms with Crippen molar-refractivity contribution < 1.29 is 4.74 Å². The van der Waals surface area contributed by atoms with Gasteiger partial charge in [-0.2, -0.15) is 0 Å². The Balaban J connectivity index is 2.21. The van der Waals surface area contributed by atoms with Crippen LogP contribution < -0.4 is 4.74 Å². The quantitative estimate of drug-likeness (QED) is 0.759. The highest BCUT2D eigenvalue weighted by atomic mass is 79.9. The van der Waals surface area contributed by atoms with E-state index in [0.717, 1.165) is 5.75 Å². The number of ether oxygens (including phenoxy) is 1. The average molecular weight is 328 g/mol. The van der Waals surface area contributed by atoms with E-state index in [1.807, 2.05) is 24.3 Å². The molecular formula is C13H12BrClN2O. The molecule has 0 fully saturated rings. The smallest absolute Gasteiger partial charge is 0.238 e. The Bertz CT molecular complexity index is 543. The molecule has 1 heterocycles. The second kappa shape index (κ2) is 5.67. The molecule has 0 saturated heterocycles. The highest BCUT2D eigenvalue weighted by Gasteiger charge is 2.09. The van der Waals surface area contributed by atoms with Crippen LogP contribution >= 0.6 is 27.5 Å². The predicted molar refractivity (Wildman–Crippen MR) is 75.3 cm³/mol. The van der Waals surface area contributed by atoms with Crippen molar-refractivity contribution in [1.29, 1.82) is 0 Å². The van der Waals surface area contributed by atoms with Gasteiger partial charge in [0.05, 0.1) is 0 Å². The van der Waals surface area contributed by atoms with E-state index in [1.54, 1.807) is 0 Å². The van der Waals surface area contributed by atoms with E-state index in [0.29, 0.717) is 21.4 Å². The van der Waals surface area contributed by atoms with Gasteiger partial charge in [0.1, 0.15) is 16.5 Å². The molecule has 0 aliphatic carbocycles. The summed E-state index contributed by atoms with van der Waals surface area (Å²) in [5.74, 6) is 1.63. The van der Waals surface area contributed by atoms with Crippen LogP contribution in [0.2, 0.25) is 5.15 Å². The Morgan fingerprint density at radius 1 is 1.17 bits per heavy atom. The van der Waals surface area contributed by atoms with Crippen molar-refractivity contribution in [2.75, 3.05) is 0 Å². The molecule has 0 radical (unpaired) electrons. The van der Waals surface area contributed by atoms with E-state index in [2.05, 4.69) is 39.7 Å². The van der Waals surface area contributed by atoms with Gasteiger partial charge in [-0.25, -0.2) is 9.97 Å². The fraction of sp³-hybridized carbons (Fsp3) is 0.231. The molecule has 0 aliphatic heterocycles. The van der Waals surface area contributed by atoms with Crippen LogP contribution in [0.3, 0.4) is 0 Å². The number of benzene rings is 1. The SMILES string of the molecule is CC(C)c1ccc(Oc2ncnc(Cl)c2Br)cc1. The lowest BCUT2D eigenvalue weighted by atomic mass is 10.0. The van der Waals surface area contributed by atoms with Crippen molar-refractivity contribution in [3.8, 4) is 11.6 Å². The molecule has 2 aromatic rings. The van der Waals surface area contributed by atoms with E-state index in [1.165, 1.54) is 11.9 Å². The van der Waals surface area contributed by atoms with Crippen molar-refractivity contribution in [1.82, 2.24) is 9.97 Å². The van der Waals surface area contributed by atoms with Gasteiger partial charge in [0.2, 0.25) is 5.88 Å². The van der Waals surface area contributed by atoms with Gasteiger partial charge in [0, 0.05) is 0 Å². The summed E-state index contributed by atoms with van der Waals surface area (Å²) in [5, 5.41) is 0.332. The first kappa shape index (κ1) is 13.3. The summed E-state index contributed by atoms with van der Waals surface area (Å²) in [4.78, 5) is 7.87. The first-order valence-corrected chi connectivity index (χ1v) is 6.69. The average Bonchev–Trinajstić information content (AvgIpc) is 2.36. The number of hydrogen-bond donors (Lipinski definition) is 0. The molecule has 0 amide bonds. The molecule has 0 N–H and O–H groups in total. The first-order valence-electron chi connectivity index (χ1n) is 5.51. The number of halogens is 2. The third-order valence-corrected chi connectivity index (χ3v) is 3.71. The molecule has 1 aromatic heterocycles. The van der Waals surface area contributed by atoms with Crippen molar-refractivity contribution in [3.63, 3.8) is 0 Å². The van der Waals surface area contributed by atoms with E-state index >= 15 is 0 Å². The fourth-order valence-corrected chi connectivity index (χ4v) is 1.85. The van der Waals surface area contributed by atoms with Crippen LogP contribution in [-0.2, 0) is 0 Å². The third kappa shape index (κ3) is 3.00. The zero-order valence-electron chi connectivity index (χ0n) is 10.0. The van der Waals surface area contributed by atoms with Crippen LogP contribution in [-0.4, -0.2) is 9.97 Å². The monoisotopic (exact) mass is 326 g/mol. The van der Waals surface area contributed by atoms with E-state index < -0.39 is 0 Å². The van der Waals surface area contributed by atoms with Gasteiger partial charge < -0.3 is 4.74 Å². The highest BCUT2D eigenvalue weighted by Crippen LogP contribution is 2.31. The fourth-order valence-electron chi connectivity index (χ4n) is 1.44. The third-order valence-electron chi connectivity index (χ3n) is 2.48. The Labute approximate surface area is 119 Å². The molecule has 3 nitrogen and oxygen atoms in total. The zero-order chi connectivity index (χ0) is 13.1. The van der Waals surface area contributed by atoms with Crippen LogP contribution in [0, 0.1) is 0 Å². The molecule has 0 atom stereocenters. The summed E-state index contributed by atoms with van der Waals surface area (Å²) in [5.41, 5.74) is 1.27.